The first-order valence-electron chi connectivity index (χ1n) is 8.74. The second-order valence-corrected chi connectivity index (χ2v) is 6.89. The van der Waals surface area contributed by atoms with Crippen LogP contribution in [0.5, 0.6) is 0 Å². The second kappa shape index (κ2) is 7.66. The van der Waals surface area contributed by atoms with Crippen LogP contribution in [0, 0.1) is 0 Å². The third kappa shape index (κ3) is 4.37. The number of aromatic nitrogens is 1. The highest BCUT2D eigenvalue weighted by Crippen LogP contribution is 2.23. The smallest absolute Gasteiger partial charge is 0.253 e. The van der Waals surface area contributed by atoms with Crippen molar-refractivity contribution in [3.05, 3.63) is 48.3 Å². The summed E-state index contributed by atoms with van der Waals surface area (Å²) in [5, 5.41) is 12.8. The summed E-state index contributed by atoms with van der Waals surface area (Å²) in [5.74, 6) is -0.127. The lowest BCUT2D eigenvalue weighted by Crippen LogP contribution is -2.39. The number of aliphatic hydroxyl groups excluding tert-OH is 1. The lowest BCUT2D eigenvalue weighted by atomic mass is 9.93. The van der Waals surface area contributed by atoms with Crippen LogP contribution >= 0.6 is 0 Å². The minimum atomic E-state index is -0.307. The Morgan fingerprint density at radius 2 is 1.92 bits per heavy atom. The first kappa shape index (κ1) is 17.4. The Morgan fingerprint density at radius 3 is 2.60 bits per heavy atom. The molecule has 2 atom stereocenters. The summed E-state index contributed by atoms with van der Waals surface area (Å²) in [6, 6.07) is 10.1. The molecule has 5 heteroatoms. The van der Waals surface area contributed by atoms with Gasteiger partial charge in [0.05, 0.1) is 11.7 Å². The molecule has 0 spiro atoms. The molecule has 1 aromatic carbocycles. The maximum Gasteiger partial charge on any atom is 0.253 e. The molecule has 1 amide bonds. The van der Waals surface area contributed by atoms with E-state index in [-0.39, 0.29) is 18.1 Å². The number of anilines is 1. The van der Waals surface area contributed by atoms with Crippen molar-refractivity contribution in [2.45, 2.75) is 37.8 Å². The monoisotopic (exact) mass is 339 g/mol. The van der Waals surface area contributed by atoms with Crippen molar-refractivity contribution in [2.24, 2.45) is 0 Å². The van der Waals surface area contributed by atoms with Gasteiger partial charge < -0.3 is 15.3 Å². The zero-order valence-corrected chi connectivity index (χ0v) is 14.8. The number of carbonyl (C=O) groups is 1. The van der Waals surface area contributed by atoms with Gasteiger partial charge in [-0.05, 0) is 49.4 Å². The Hall–Kier alpha value is -2.40. The molecule has 2 aromatic rings. The maximum atomic E-state index is 12.5. The van der Waals surface area contributed by atoms with Crippen LogP contribution in [0.4, 0.5) is 5.69 Å². The molecule has 1 aromatic heterocycles. The predicted octanol–water partition coefficient (Wildman–Crippen LogP) is 2.85. The number of pyridine rings is 1. The highest BCUT2D eigenvalue weighted by molar-refractivity contribution is 5.95. The van der Waals surface area contributed by atoms with Gasteiger partial charge in [-0.2, -0.15) is 0 Å². The van der Waals surface area contributed by atoms with Gasteiger partial charge in [0.15, 0.2) is 0 Å². The third-order valence-corrected chi connectivity index (χ3v) is 4.70. The standard InChI is InChI=1S/C20H25N3O2/c1-23(2)18-8-6-14(7-9-18)15-10-16(13-21-12-15)20(25)22-17-4-3-5-19(24)11-17/h6-10,12-13,17,19,24H,3-5,11H2,1-2H3,(H,22,25). The summed E-state index contributed by atoms with van der Waals surface area (Å²) >= 11 is 0. The summed E-state index contributed by atoms with van der Waals surface area (Å²) in [5.41, 5.74) is 3.62. The number of benzene rings is 1. The van der Waals surface area contributed by atoms with E-state index in [4.69, 9.17) is 0 Å². The maximum absolute atomic E-state index is 12.5. The Labute approximate surface area is 148 Å². The molecule has 0 saturated heterocycles. The van der Waals surface area contributed by atoms with Crippen LogP contribution in [-0.2, 0) is 0 Å². The Balaban J connectivity index is 1.73. The highest BCUT2D eigenvalue weighted by Gasteiger charge is 2.22. The number of amides is 1. The van der Waals surface area contributed by atoms with E-state index in [1.54, 1.807) is 12.4 Å². The molecular formula is C20H25N3O2. The minimum absolute atomic E-state index is 0.0410. The van der Waals surface area contributed by atoms with Crippen LogP contribution < -0.4 is 10.2 Å². The molecule has 1 aliphatic carbocycles. The molecule has 132 valence electrons. The number of rotatable bonds is 4. The molecule has 2 N–H and O–H groups in total. The van der Waals surface area contributed by atoms with E-state index in [2.05, 4.69) is 10.3 Å². The van der Waals surface area contributed by atoms with Crippen LogP contribution in [-0.4, -0.2) is 42.2 Å². The van der Waals surface area contributed by atoms with Gasteiger partial charge >= 0.3 is 0 Å². The fourth-order valence-electron chi connectivity index (χ4n) is 3.24. The van der Waals surface area contributed by atoms with Gasteiger partial charge in [-0.3, -0.25) is 9.78 Å². The van der Waals surface area contributed by atoms with Gasteiger partial charge in [0, 0.05) is 43.8 Å². The molecule has 0 aliphatic heterocycles. The number of hydrogen-bond donors (Lipinski definition) is 2. The average molecular weight is 339 g/mol. The molecule has 0 bridgehead atoms. The van der Waals surface area contributed by atoms with E-state index in [1.807, 2.05) is 49.3 Å². The van der Waals surface area contributed by atoms with Crippen LogP contribution in [0.3, 0.4) is 0 Å². The van der Waals surface area contributed by atoms with Gasteiger partial charge in [-0.1, -0.05) is 12.1 Å². The molecule has 1 aliphatic rings. The SMILES string of the molecule is CN(C)c1ccc(-c2cncc(C(=O)NC3CCCC(O)C3)c2)cc1. The lowest BCUT2D eigenvalue weighted by molar-refractivity contribution is 0.0849. The van der Waals surface area contributed by atoms with Crippen molar-refractivity contribution < 1.29 is 9.90 Å². The Kier molecular flexibility index (Phi) is 5.34. The topological polar surface area (TPSA) is 65.5 Å². The van der Waals surface area contributed by atoms with Crippen molar-refractivity contribution >= 4 is 11.6 Å². The second-order valence-electron chi connectivity index (χ2n) is 6.89. The Morgan fingerprint density at radius 1 is 1.16 bits per heavy atom. The minimum Gasteiger partial charge on any atom is -0.393 e. The van der Waals surface area contributed by atoms with Gasteiger partial charge in [0.1, 0.15) is 0 Å². The van der Waals surface area contributed by atoms with E-state index >= 15 is 0 Å². The van der Waals surface area contributed by atoms with Gasteiger partial charge in [-0.15, -0.1) is 0 Å². The van der Waals surface area contributed by atoms with Crippen LogP contribution in [0.2, 0.25) is 0 Å². The highest BCUT2D eigenvalue weighted by atomic mass is 16.3. The third-order valence-electron chi connectivity index (χ3n) is 4.70. The molecule has 1 fully saturated rings. The largest absolute Gasteiger partial charge is 0.393 e. The summed E-state index contributed by atoms with van der Waals surface area (Å²) < 4.78 is 0. The molecule has 3 rings (SSSR count). The molecule has 1 heterocycles. The van der Waals surface area contributed by atoms with E-state index in [1.165, 1.54) is 0 Å². The van der Waals surface area contributed by atoms with Crippen LogP contribution in [0.15, 0.2) is 42.7 Å². The van der Waals surface area contributed by atoms with E-state index in [0.717, 1.165) is 36.1 Å². The Bertz CT molecular complexity index is 728. The molecule has 1 saturated carbocycles. The molecular weight excluding hydrogens is 314 g/mol. The lowest BCUT2D eigenvalue weighted by Gasteiger charge is -2.26. The van der Waals surface area contributed by atoms with E-state index < -0.39 is 0 Å². The van der Waals surface area contributed by atoms with Crippen LogP contribution in [0.1, 0.15) is 36.0 Å². The van der Waals surface area contributed by atoms with E-state index in [9.17, 15) is 9.90 Å². The van der Waals surface area contributed by atoms with Crippen molar-refractivity contribution in [1.29, 1.82) is 0 Å². The summed E-state index contributed by atoms with van der Waals surface area (Å²) in [7, 11) is 4.01. The average Bonchev–Trinajstić information content (AvgIpc) is 2.62. The normalized spacial score (nSPS) is 20.1. The van der Waals surface area contributed by atoms with Crippen molar-refractivity contribution in [1.82, 2.24) is 10.3 Å². The number of nitrogens with zero attached hydrogens (tertiary/aromatic N) is 2. The molecule has 25 heavy (non-hydrogen) atoms. The number of carbonyl (C=O) groups excluding carboxylic acids is 1. The quantitative estimate of drug-likeness (QED) is 0.899. The molecule has 5 nitrogen and oxygen atoms in total. The summed E-state index contributed by atoms with van der Waals surface area (Å²) in [6.45, 7) is 0. The fourth-order valence-corrected chi connectivity index (χ4v) is 3.24. The number of nitrogens with one attached hydrogen (secondary N) is 1. The first-order valence-corrected chi connectivity index (χ1v) is 8.74. The summed E-state index contributed by atoms with van der Waals surface area (Å²) in [6.07, 6.45) is 6.37. The van der Waals surface area contributed by atoms with Crippen LogP contribution in [0.25, 0.3) is 11.1 Å². The fraction of sp³-hybridized carbons (Fsp3) is 0.400. The number of hydrogen-bond acceptors (Lipinski definition) is 4. The van der Waals surface area contributed by atoms with Crippen molar-refractivity contribution in [3.63, 3.8) is 0 Å². The van der Waals surface area contributed by atoms with Gasteiger partial charge in [0.2, 0.25) is 0 Å². The van der Waals surface area contributed by atoms with E-state index in [0.29, 0.717) is 12.0 Å². The molecule has 2 unspecified atom stereocenters. The zero-order valence-electron chi connectivity index (χ0n) is 14.8. The predicted molar refractivity (Wildman–Crippen MR) is 99.7 cm³/mol. The first-order chi connectivity index (χ1) is 12.0. The zero-order chi connectivity index (χ0) is 17.8. The van der Waals surface area contributed by atoms with Gasteiger partial charge in [-0.25, -0.2) is 0 Å². The van der Waals surface area contributed by atoms with Crippen molar-refractivity contribution in [3.8, 4) is 11.1 Å². The summed E-state index contributed by atoms with van der Waals surface area (Å²) in [4.78, 5) is 18.8. The molecule has 0 radical (unpaired) electrons. The van der Waals surface area contributed by atoms with Crippen molar-refractivity contribution in [2.75, 3.05) is 19.0 Å². The number of aliphatic hydroxyl groups is 1. The van der Waals surface area contributed by atoms with Gasteiger partial charge in [0.25, 0.3) is 5.91 Å².